The number of anilines is 1. The number of ether oxygens (including phenoxy) is 1. The first-order valence-corrected chi connectivity index (χ1v) is 10.7. The number of phenols is 1. The molecule has 0 bridgehead atoms. The maximum atomic E-state index is 12.4. The van der Waals surface area contributed by atoms with Crippen LogP contribution in [0, 0.1) is 6.92 Å². The molecule has 9 heteroatoms. The number of phenolic OH excluding ortho intramolecular Hbond substituents is 1. The van der Waals surface area contributed by atoms with Crippen molar-refractivity contribution in [2.45, 2.75) is 32.7 Å². The number of carboxylic acids is 1. The minimum Gasteiger partial charge on any atom is -0.508 e. The molecule has 0 unspecified atom stereocenters. The van der Waals surface area contributed by atoms with Crippen molar-refractivity contribution in [1.29, 1.82) is 0 Å². The molecule has 1 amide bonds. The van der Waals surface area contributed by atoms with Gasteiger partial charge in [0.15, 0.2) is 0 Å². The molecule has 164 valence electrons. The van der Waals surface area contributed by atoms with Crippen LogP contribution in [0.25, 0.3) is 10.6 Å². The van der Waals surface area contributed by atoms with E-state index in [0.717, 1.165) is 27.4 Å². The number of aromatic carboxylic acids is 1. The number of nitrogens with one attached hydrogen (secondary N) is 1. The van der Waals surface area contributed by atoms with Gasteiger partial charge in [-0.05, 0) is 43.5 Å². The van der Waals surface area contributed by atoms with Gasteiger partial charge in [0.25, 0.3) is 0 Å². The number of benzene rings is 1. The summed E-state index contributed by atoms with van der Waals surface area (Å²) in [5.41, 5.74) is 2.22. The number of methoxy groups -OCH3 is 1. The average Bonchev–Trinajstić information content (AvgIpc) is 3.34. The Balaban J connectivity index is 1.60. The fourth-order valence-electron chi connectivity index (χ4n) is 3.18. The first-order valence-electron chi connectivity index (χ1n) is 9.84. The highest BCUT2D eigenvalue weighted by Gasteiger charge is 2.16. The van der Waals surface area contributed by atoms with Crippen molar-refractivity contribution in [3.8, 4) is 16.3 Å². The second-order valence-corrected chi connectivity index (χ2v) is 8.27. The van der Waals surface area contributed by atoms with Gasteiger partial charge in [-0.3, -0.25) is 4.79 Å². The number of amides is 1. The van der Waals surface area contributed by atoms with Crippen LogP contribution in [0.2, 0.25) is 0 Å². The summed E-state index contributed by atoms with van der Waals surface area (Å²) >= 11 is 1.49. The van der Waals surface area contributed by atoms with E-state index >= 15 is 0 Å². The maximum absolute atomic E-state index is 12.4. The lowest BCUT2D eigenvalue weighted by atomic mass is 10.1. The van der Waals surface area contributed by atoms with Gasteiger partial charge in [-0.25, -0.2) is 9.78 Å². The Hall–Kier alpha value is -3.17. The molecule has 8 nitrogen and oxygen atoms in total. The predicted molar refractivity (Wildman–Crippen MR) is 119 cm³/mol. The molecule has 2 aromatic heterocycles. The van der Waals surface area contributed by atoms with Gasteiger partial charge >= 0.3 is 5.97 Å². The molecule has 0 saturated heterocycles. The Kier molecular flexibility index (Phi) is 7.43. The molecule has 0 aliphatic carbocycles. The van der Waals surface area contributed by atoms with E-state index in [2.05, 4.69) is 10.3 Å². The van der Waals surface area contributed by atoms with Crippen LogP contribution in [0.4, 0.5) is 5.69 Å². The maximum Gasteiger partial charge on any atom is 0.339 e. The molecule has 0 aliphatic heterocycles. The number of hydrogen-bond acceptors (Lipinski definition) is 6. The number of carboxylic acid groups (broad SMARTS) is 1. The molecule has 0 atom stereocenters. The second kappa shape index (κ2) is 10.2. The monoisotopic (exact) mass is 443 g/mol. The smallest absolute Gasteiger partial charge is 0.339 e. The van der Waals surface area contributed by atoms with E-state index in [-0.39, 0.29) is 23.6 Å². The number of carbonyl (C=O) groups excluding carboxylic acids is 1. The highest BCUT2D eigenvalue weighted by molar-refractivity contribution is 7.15. The zero-order chi connectivity index (χ0) is 22.4. The molecular formula is C22H25N3O5S. The van der Waals surface area contributed by atoms with Crippen LogP contribution >= 0.6 is 11.3 Å². The topological polar surface area (TPSA) is 114 Å². The van der Waals surface area contributed by atoms with Crippen LogP contribution < -0.4 is 5.32 Å². The molecule has 0 fully saturated rings. The van der Waals surface area contributed by atoms with Crippen LogP contribution in [-0.4, -0.2) is 45.4 Å². The summed E-state index contributed by atoms with van der Waals surface area (Å²) in [4.78, 5) is 29.3. The second-order valence-electron chi connectivity index (χ2n) is 7.15. The molecule has 0 aliphatic rings. The van der Waals surface area contributed by atoms with Crippen LogP contribution in [-0.2, 0) is 22.5 Å². The molecule has 1 aromatic carbocycles. The summed E-state index contributed by atoms with van der Waals surface area (Å²) in [5, 5.41) is 22.5. The molecule has 0 spiro atoms. The minimum atomic E-state index is -1.09. The predicted octanol–water partition coefficient (Wildman–Crippen LogP) is 3.93. The van der Waals surface area contributed by atoms with Crippen molar-refractivity contribution in [3.63, 3.8) is 0 Å². The summed E-state index contributed by atoms with van der Waals surface area (Å²) in [5.74, 6) is -1.13. The molecule has 0 saturated carbocycles. The van der Waals surface area contributed by atoms with Gasteiger partial charge < -0.3 is 24.8 Å². The number of aryl methyl sites for hydroxylation is 3. The van der Waals surface area contributed by atoms with E-state index in [4.69, 9.17) is 4.74 Å². The van der Waals surface area contributed by atoms with Crippen LogP contribution in [0.3, 0.4) is 0 Å². The van der Waals surface area contributed by atoms with Crippen LogP contribution in [0.15, 0.2) is 36.8 Å². The van der Waals surface area contributed by atoms with Crippen molar-refractivity contribution >= 4 is 28.9 Å². The van der Waals surface area contributed by atoms with Crippen molar-refractivity contribution in [2.75, 3.05) is 19.0 Å². The van der Waals surface area contributed by atoms with E-state index < -0.39 is 5.97 Å². The normalized spacial score (nSPS) is 10.9. The third-order valence-corrected chi connectivity index (χ3v) is 5.83. The highest BCUT2D eigenvalue weighted by atomic mass is 32.1. The fourth-order valence-corrected chi connectivity index (χ4v) is 4.19. The zero-order valence-electron chi connectivity index (χ0n) is 17.4. The van der Waals surface area contributed by atoms with E-state index in [0.29, 0.717) is 25.3 Å². The first-order chi connectivity index (χ1) is 14.9. The highest BCUT2D eigenvalue weighted by Crippen LogP contribution is 2.30. The lowest BCUT2D eigenvalue weighted by Crippen LogP contribution is -2.13. The molecule has 2 heterocycles. The van der Waals surface area contributed by atoms with Gasteiger partial charge in [0, 0.05) is 55.7 Å². The van der Waals surface area contributed by atoms with Gasteiger partial charge in [0.05, 0.1) is 5.69 Å². The largest absolute Gasteiger partial charge is 0.508 e. The number of aromatic nitrogens is 2. The fraction of sp³-hybridized carbons (Fsp3) is 0.318. The van der Waals surface area contributed by atoms with Gasteiger partial charge in [-0.2, -0.15) is 0 Å². The number of nitrogens with zero attached hydrogens (tertiary/aromatic N) is 2. The molecule has 0 radical (unpaired) electrons. The Morgan fingerprint density at radius 2 is 2.10 bits per heavy atom. The van der Waals surface area contributed by atoms with Crippen molar-refractivity contribution in [2.24, 2.45) is 0 Å². The number of hydrogen-bond donors (Lipinski definition) is 3. The molecule has 3 N–H and O–H groups in total. The Morgan fingerprint density at radius 1 is 1.29 bits per heavy atom. The van der Waals surface area contributed by atoms with Crippen molar-refractivity contribution in [1.82, 2.24) is 9.55 Å². The van der Waals surface area contributed by atoms with Gasteiger partial charge in [-0.1, -0.05) is 0 Å². The van der Waals surface area contributed by atoms with Gasteiger partial charge in [0.1, 0.15) is 16.3 Å². The molecular weight excluding hydrogens is 418 g/mol. The summed E-state index contributed by atoms with van der Waals surface area (Å²) in [6.07, 6.45) is 6.35. The van der Waals surface area contributed by atoms with Gasteiger partial charge in [-0.15, -0.1) is 11.3 Å². The number of aromatic hydroxyl groups is 1. The van der Waals surface area contributed by atoms with Crippen LogP contribution in [0.1, 0.15) is 33.6 Å². The molecule has 3 aromatic rings. The summed E-state index contributed by atoms with van der Waals surface area (Å²) in [7, 11) is 1.61. The third kappa shape index (κ3) is 5.93. The number of rotatable bonds is 10. The van der Waals surface area contributed by atoms with Gasteiger partial charge in [0.2, 0.25) is 5.91 Å². The van der Waals surface area contributed by atoms with E-state index in [9.17, 15) is 19.8 Å². The van der Waals surface area contributed by atoms with Crippen LogP contribution in [0.5, 0.6) is 5.75 Å². The summed E-state index contributed by atoms with van der Waals surface area (Å²) < 4.78 is 6.76. The number of thiazole rings is 1. The van der Waals surface area contributed by atoms with E-state index in [1.165, 1.54) is 17.5 Å². The SMILES string of the molecule is COCCCn1cc(NC(=O)CCc2cnc(-c3ccc(O)cc3C)s2)c(C(=O)O)c1. The standard InChI is InChI=1S/C22H25N3O5S/c1-14-10-15(26)4-6-17(14)21-23-11-16(31-21)5-7-20(27)24-19-13-25(8-3-9-30-2)12-18(19)22(28)29/h4,6,10-13,26H,3,5,7-9H2,1-2H3,(H,24,27)(H,28,29). The first kappa shape index (κ1) is 22.5. The molecule has 3 rings (SSSR count). The number of carbonyl (C=O) groups is 2. The lowest BCUT2D eigenvalue weighted by Gasteiger charge is -2.04. The Labute approximate surface area is 184 Å². The minimum absolute atomic E-state index is 0.0636. The van der Waals surface area contributed by atoms with E-state index in [1.807, 2.05) is 13.0 Å². The lowest BCUT2D eigenvalue weighted by molar-refractivity contribution is -0.116. The van der Waals surface area contributed by atoms with E-state index in [1.54, 1.807) is 36.2 Å². The van der Waals surface area contributed by atoms with Crippen molar-refractivity contribution < 1.29 is 24.5 Å². The van der Waals surface area contributed by atoms with Crippen molar-refractivity contribution in [3.05, 3.63) is 52.8 Å². The third-order valence-electron chi connectivity index (χ3n) is 4.74. The molecule has 31 heavy (non-hydrogen) atoms. The Morgan fingerprint density at radius 3 is 2.81 bits per heavy atom. The zero-order valence-corrected chi connectivity index (χ0v) is 18.2. The summed E-state index contributed by atoms with van der Waals surface area (Å²) in [6, 6.07) is 5.13. The average molecular weight is 444 g/mol. The Bertz CT molecular complexity index is 1070. The quantitative estimate of drug-likeness (QED) is 0.409. The summed E-state index contributed by atoms with van der Waals surface area (Å²) in [6.45, 7) is 3.08.